The molecule has 5 heteroatoms. The molecule has 0 radical (unpaired) electrons. The van der Waals surface area contributed by atoms with Crippen molar-refractivity contribution in [3.63, 3.8) is 0 Å². The van der Waals surface area contributed by atoms with E-state index < -0.39 is 6.61 Å². The maximum absolute atomic E-state index is 12.3. The van der Waals surface area contributed by atoms with Crippen LogP contribution in [0.5, 0.6) is 11.5 Å². The summed E-state index contributed by atoms with van der Waals surface area (Å²) in [5, 5.41) is 3.37. The van der Waals surface area contributed by atoms with Crippen LogP contribution in [0.15, 0.2) is 18.2 Å². The first kappa shape index (κ1) is 13.1. The molecule has 0 saturated heterocycles. The number of nitrogens with one attached hydrogen (secondary N) is 1. The van der Waals surface area contributed by atoms with Crippen molar-refractivity contribution in [1.82, 2.24) is 5.32 Å². The molecular formula is C13H17F2NO2. The van der Waals surface area contributed by atoms with Gasteiger partial charge < -0.3 is 14.8 Å². The Morgan fingerprint density at radius 1 is 1.33 bits per heavy atom. The quantitative estimate of drug-likeness (QED) is 0.850. The van der Waals surface area contributed by atoms with Crippen LogP contribution in [-0.4, -0.2) is 19.8 Å². The fourth-order valence-electron chi connectivity index (χ4n) is 1.89. The van der Waals surface area contributed by atoms with Gasteiger partial charge in [-0.15, -0.1) is 0 Å². The molecule has 1 aliphatic rings. The Morgan fingerprint density at radius 3 is 2.67 bits per heavy atom. The monoisotopic (exact) mass is 257 g/mol. The average molecular weight is 257 g/mol. The van der Waals surface area contributed by atoms with E-state index >= 15 is 0 Å². The summed E-state index contributed by atoms with van der Waals surface area (Å²) < 4.78 is 33.9. The van der Waals surface area contributed by atoms with Gasteiger partial charge in [-0.1, -0.05) is 12.5 Å². The van der Waals surface area contributed by atoms with Gasteiger partial charge in [0, 0.05) is 12.6 Å². The lowest BCUT2D eigenvalue weighted by molar-refractivity contribution is -0.0512. The molecule has 100 valence electrons. The molecular weight excluding hydrogens is 240 g/mol. The normalized spacial score (nSPS) is 15.6. The van der Waals surface area contributed by atoms with Crippen LogP contribution in [0.4, 0.5) is 8.78 Å². The van der Waals surface area contributed by atoms with Gasteiger partial charge in [-0.2, -0.15) is 8.78 Å². The molecule has 1 fully saturated rings. The summed E-state index contributed by atoms with van der Waals surface area (Å²) in [6, 6.07) is 5.65. The van der Waals surface area contributed by atoms with E-state index in [2.05, 4.69) is 10.1 Å². The molecule has 2 rings (SSSR count). The van der Waals surface area contributed by atoms with Gasteiger partial charge in [0.05, 0.1) is 7.11 Å². The van der Waals surface area contributed by atoms with E-state index in [1.54, 1.807) is 12.1 Å². The second-order valence-electron chi connectivity index (χ2n) is 4.37. The van der Waals surface area contributed by atoms with Gasteiger partial charge in [0.15, 0.2) is 11.5 Å². The van der Waals surface area contributed by atoms with Crippen molar-refractivity contribution in [3.8, 4) is 11.5 Å². The lowest BCUT2D eigenvalue weighted by atomic mass is 9.93. The van der Waals surface area contributed by atoms with E-state index in [4.69, 9.17) is 4.74 Å². The summed E-state index contributed by atoms with van der Waals surface area (Å²) >= 11 is 0. The number of benzene rings is 1. The number of hydrogen-bond donors (Lipinski definition) is 1. The average Bonchev–Trinajstić information content (AvgIpc) is 2.26. The number of halogens is 2. The maximum atomic E-state index is 12.3. The van der Waals surface area contributed by atoms with Gasteiger partial charge in [-0.3, -0.25) is 0 Å². The van der Waals surface area contributed by atoms with Crippen molar-refractivity contribution >= 4 is 0 Å². The van der Waals surface area contributed by atoms with Gasteiger partial charge in [0.25, 0.3) is 0 Å². The lowest BCUT2D eigenvalue weighted by Crippen LogP contribution is -2.34. The summed E-state index contributed by atoms with van der Waals surface area (Å²) in [7, 11) is 1.43. The second-order valence-corrected chi connectivity index (χ2v) is 4.37. The Kier molecular flexibility index (Phi) is 4.36. The standard InChI is InChI=1S/C13H17F2NO2/c1-17-11-6-5-9(7-12(11)18-13(14)15)8-16-10-3-2-4-10/h5-7,10,13,16H,2-4,8H2,1H3. The highest BCUT2D eigenvalue weighted by molar-refractivity contribution is 5.43. The van der Waals surface area contributed by atoms with Crippen molar-refractivity contribution in [2.75, 3.05) is 7.11 Å². The first-order chi connectivity index (χ1) is 8.69. The third kappa shape index (κ3) is 3.32. The van der Waals surface area contributed by atoms with Crippen molar-refractivity contribution in [1.29, 1.82) is 0 Å². The number of rotatable bonds is 6. The summed E-state index contributed by atoms with van der Waals surface area (Å²) in [6.07, 6.45) is 3.65. The molecule has 0 aliphatic heterocycles. The molecule has 1 N–H and O–H groups in total. The minimum Gasteiger partial charge on any atom is -0.493 e. The van der Waals surface area contributed by atoms with E-state index in [1.165, 1.54) is 26.4 Å². The predicted molar refractivity (Wildman–Crippen MR) is 64.1 cm³/mol. The molecule has 0 amide bonds. The maximum Gasteiger partial charge on any atom is 0.387 e. The number of ether oxygens (including phenoxy) is 2. The number of alkyl halides is 2. The van der Waals surface area contributed by atoms with Crippen LogP contribution in [0.2, 0.25) is 0 Å². The van der Waals surface area contributed by atoms with Gasteiger partial charge in [0.2, 0.25) is 0 Å². The first-order valence-electron chi connectivity index (χ1n) is 6.04. The molecule has 0 unspecified atom stereocenters. The van der Waals surface area contributed by atoms with Crippen LogP contribution in [0.3, 0.4) is 0 Å². The Labute approximate surface area is 105 Å². The highest BCUT2D eigenvalue weighted by atomic mass is 19.3. The van der Waals surface area contributed by atoms with Crippen molar-refractivity contribution in [3.05, 3.63) is 23.8 Å². The third-order valence-electron chi connectivity index (χ3n) is 3.14. The number of methoxy groups -OCH3 is 1. The summed E-state index contributed by atoms with van der Waals surface area (Å²) in [5.41, 5.74) is 0.915. The van der Waals surface area contributed by atoms with Crippen LogP contribution in [0.25, 0.3) is 0 Å². The molecule has 0 spiro atoms. The van der Waals surface area contributed by atoms with Crippen molar-refractivity contribution in [2.24, 2.45) is 0 Å². The van der Waals surface area contributed by atoms with Crippen LogP contribution in [0.1, 0.15) is 24.8 Å². The first-order valence-corrected chi connectivity index (χ1v) is 6.04. The Bertz CT molecular complexity index is 395. The molecule has 0 aromatic heterocycles. The lowest BCUT2D eigenvalue weighted by Gasteiger charge is -2.26. The van der Waals surface area contributed by atoms with Gasteiger partial charge in [-0.25, -0.2) is 0 Å². The molecule has 1 aromatic rings. The fourth-order valence-corrected chi connectivity index (χ4v) is 1.89. The van der Waals surface area contributed by atoms with Crippen LogP contribution >= 0.6 is 0 Å². The highest BCUT2D eigenvalue weighted by Crippen LogP contribution is 2.29. The Hall–Kier alpha value is -1.36. The Morgan fingerprint density at radius 2 is 2.11 bits per heavy atom. The molecule has 0 heterocycles. The van der Waals surface area contributed by atoms with Crippen LogP contribution < -0.4 is 14.8 Å². The molecule has 3 nitrogen and oxygen atoms in total. The fraction of sp³-hybridized carbons (Fsp3) is 0.538. The SMILES string of the molecule is COc1ccc(CNC2CCC2)cc1OC(F)F. The highest BCUT2D eigenvalue weighted by Gasteiger charge is 2.17. The Balaban J connectivity index is 2.01. The predicted octanol–water partition coefficient (Wildman–Crippen LogP) is 2.94. The minimum absolute atomic E-state index is 0.0837. The van der Waals surface area contributed by atoms with Crippen LogP contribution in [-0.2, 0) is 6.54 Å². The largest absolute Gasteiger partial charge is 0.493 e. The molecule has 0 atom stereocenters. The van der Waals surface area contributed by atoms with Crippen molar-refractivity contribution < 1.29 is 18.3 Å². The topological polar surface area (TPSA) is 30.5 Å². The van der Waals surface area contributed by atoms with Gasteiger partial charge in [0.1, 0.15) is 0 Å². The molecule has 1 saturated carbocycles. The van der Waals surface area contributed by atoms with E-state index in [9.17, 15) is 8.78 Å². The van der Waals surface area contributed by atoms with E-state index in [1.807, 2.05) is 6.07 Å². The van der Waals surface area contributed by atoms with Gasteiger partial charge >= 0.3 is 6.61 Å². The summed E-state index contributed by atoms with van der Waals surface area (Å²) in [5.74, 6) is 0.406. The van der Waals surface area contributed by atoms with E-state index in [-0.39, 0.29) is 5.75 Å². The van der Waals surface area contributed by atoms with Crippen molar-refractivity contribution in [2.45, 2.75) is 38.5 Å². The van der Waals surface area contributed by atoms with E-state index in [0.29, 0.717) is 18.3 Å². The van der Waals surface area contributed by atoms with Gasteiger partial charge in [-0.05, 0) is 30.5 Å². The van der Waals surface area contributed by atoms with E-state index in [0.717, 1.165) is 5.56 Å². The molecule has 1 aromatic carbocycles. The zero-order valence-electron chi connectivity index (χ0n) is 10.3. The second kappa shape index (κ2) is 6.00. The summed E-state index contributed by atoms with van der Waals surface area (Å²) in [6.45, 7) is -2.18. The molecule has 1 aliphatic carbocycles. The zero-order valence-corrected chi connectivity index (χ0v) is 10.3. The van der Waals surface area contributed by atoms with Crippen LogP contribution in [0, 0.1) is 0 Å². The molecule has 18 heavy (non-hydrogen) atoms. The molecule has 0 bridgehead atoms. The zero-order chi connectivity index (χ0) is 13.0. The minimum atomic E-state index is -2.84. The third-order valence-corrected chi connectivity index (χ3v) is 3.14. The number of hydrogen-bond acceptors (Lipinski definition) is 3. The summed E-state index contributed by atoms with van der Waals surface area (Å²) in [4.78, 5) is 0. The smallest absolute Gasteiger partial charge is 0.387 e.